The van der Waals surface area contributed by atoms with Gasteiger partial charge in [0.25, 0.3) is 0 Å². The van der Waals surface area contributed by atoms with Gasteiger partial charge in [-0.25, -0.2) is 0 Å². The van der Waals surface area contributed by atoms with Gasteiger partial charge in [-0.15, -0.1) is 0 Å². The third-order valence-electron chi connectivity index (χ3n) is 4.78. The van der Waals surface area contributed by atoms with E-state index in [-0.39, 0.29) is 12.0 Å². The monoisotopic (exact) mass is 340 g/mol. The van der Waals surface area contributed by atoms with Gasteiger partial charge in [-0.1, -0.05) is 70.4 Å². The molecule has 0 aromatic heterocycles. The summed E-state index contributed by atoms with van der Waals surface area (Å²) in [6.45, 7) is 4.10. The zero-order valence-electron chi connectivity index (χ0n) is 16.3. The van der Waals surface area contributed by atoms with Gasteiger partial charge in [0.1, 0.15) is 0 Å². The van der Waals surface area contributed by atoms with Gasteiger partial charge in [-0.2, -0.15) is 0 Å². The summed E-state index contributed by atoms with van der Waals surface area (Å²) >= 11 is 0. The number of unbranched alkanes of at least 4 members (excludes halogenated alkanes) is 10. The molecule has 0 aliphatic heterocycles. The zero-order chi connectivity index (χ0) is 18.0. The molecule has 0 saturated heterocycles. The van der Waals surface area contributed by atoms with Crippen LogP contribution in [0.1, 0.15) is 97.3 Å². The number of carboxylic acid groups (broad SMARTS) is 1. The van der Waals surface area contributed by atoms with Crippen molar-refractivity contribution < 1.29 is 14.6 Å². The van der Waals surface area contributed by atoms with Crippen LogP contribution in [-0.4, -0.2) is 24.3 Å². The lowest BCUT2D eigenvalue weighted by Crippen LogP contribution is -2.27. The van der Waals surface area contributed by atoms with Crippen LogP contribution in [0.4, 0.5) is 0 Å². The fourth-order valence-electron chi connectivity index (χ4n) is 2.98. The van der Waals surface area contributed by atoms with Crippen molar-refractivity contribution in [2.75, 3.05) is 7.11 Å². The van der Waals surface area contributed by atoms with Crippen LogP contribution in [0.15, 0.2) is 12.2 Å². The molecule has 2 unspecified atom stereocenters. The Kier molecular flexibility index (Phi) is 16.4. The first kappa shape index (κ1) is 23.2. The largest absolute Gasteiger partial charge is 0.481 e. The van der Waals surface area contributed by atoms with Gasteiger partial charge >= 0.3 is 5.97 Å². The SMILES string of the molecule is CCCCCCCC/C=C\CCCCCCC(C(=O)O)C(C)OC. The topological polar surface area (TPSA) is 46.5 Å². The molecule has 0 aliphatic carbocycles. The van der Waals surface area contributed by atoms with Gasteiger partial charge in [0.2, 0.25) is 0 Å². The minimum Gasteiger partial charge on any atom is -0.481 e. The Balaban J connectivity index is 3.43. The lowest BCUT2D eigenvalue weighted by Gasteiger charge is -2.18. The molecule has 0 aromatic carbocycles. The highest BCUT2D eigenvalue weighted by Gasteiger charge is 2.23. The second kappa shape index (κ2) is 17.0. The van der Waals surface area contributed by atoms with Crippen LogP contribution in [0.2, 0.25) is 0 Å². The Bertz CT molecular complexity index is 312. The van der Waals surface area contributed by atoms with Crippen molar-refractivity contribution in [2.45, 2.75) is 103 Å². The standard InChI is InChI=1S/C21H40O3/c1-4-5-6-7-8-9-10-11-12-13-14-15-16-17-18-20(21(22)23)19(2)24-3/h11-12,19-20H,4-10,13-18H2,1-3H3,(H,22,23)/b12-11-. The van der Waals surface area contributed by atoms with Crippen molar-refractivity contribution in [3.8, 4) is 0 Å². The van der Waals surface area contributed by atoms with E-state index in [0.717, 1.165) is 25.7 Å². The summed E-state index contributed by atoms with van der Waals surface area (Å²) in [5.74, 6) is -1.10. The molecule has 0 bridgehead atoms. The molecule has 0 fully saturated rings. The van der Waals surface area contributed by atoms with Crippen molar-refractivity contribution in [1.82, 2.24) is 0 Å². The summed E-state index contributed by atoms with van der Waals surface area (Å²) in [4.78, 5) is 11.2. The molecule has 0 saturated carbocycles. The molecule has 142 valence electrons. The molecular formula is C21H40O3. The number of carboxylic acids is 1. The predicted molar refractivity (Wildman–Crippen MR) is 102 cm³/mol. The van der Waals surface area contributed by atoms with E-state index >= 15 is 0 Å². The Morgan fingerprint density at radius 1 is 0.917 bits per heavy atom. The molecule has 0 spiro atoms. The Hall–Kier alpha value is -0.830. The lowest BCUT2D eigenvalue weighted by atomic mass is 9.96. The van der Waals surface area contributed by atoms with Gasteiger partial charge in [-0.05, 0) is 39.0 Å². The summed E-state index contributed by atoms with van der Waals surface area (Å²) in [7, 11) is 1.58. The molecule has 0 amide bonds. The van der Waals surface area contributed by atoms with Crippen LogP contribution in [0, 0.1) is 5.92 Å². The Labute approximate surface area is 149 Å². The molecule has 1 N–H and O–H groups in total. The van der Waals surface area contributed by atoms with E-state index in [2.05, 4.69) is 19.1 Å². The molecule has 3 nitrogen and oxygen atoms in total. The molecule has 0 radical (unpaired) electrons. The zero-order valence-corrected chi connectivity index (χ0v) is 16.3. The molecular weight excluding hydrogens is 300 g/mol. The van der Waals surface area contributed by atoms with Gasteiger partial charge in [0.05, 0.1) is 12.0 Å². The van der Waals surface area contributed by atoms with E-state index in [9.17, 15) is 9.90 Å². The van der Waals surface area contributed by atoms with Crippen molar-refractivity contribution in [3.63, 3.8) is 0 Å². The van der Waals surface area contributed by atoms with Crippen LogP contribution >= 0.6 is 0 Å². The van der Waals surface area contributed by atoms with E-state index < -0.39 is 5.97 Å². The van der Waals surface area contributed by atoms with Gasteiger partial charge in [-0.3, -0.25) is 4.79 Å². The van der Waals surface area contributed by atoms with Crippen molar-refractivity contribution in [2.24, 2.45) is 5.92 Å². The molecule has 3 heteroatoms. The molecule has 0 aliphatic rings. The van der Waals surface area contributed by atoms with Gasteiger partial charge < -0.3 is 9.84 Å². The Morgan fingerprint density at radius 2 is 1.42 bits per heavy atom. The fourth-order valence-corrected chi connectivity index (χ4v) is 2.98. The number of allylic oxidation sites excluding steroid dienone is 2. The molecule has 24 heavy (non-hydrogen) atoms. The molecule has 0 rings (SSSR count). The highest BCUT2D eigenvalue weighted by molar-refractivity contribution is 5.70. The number of aliphatic carboxylic acids is 1. The number of carbonyl (C=O) groups is 1. The second-order valence-electron chi connectivity index (χ2n) is 6.90. The summed E-state index contributed by atoms with van der Waals surface area (Å²) in [6.07, 6.45) is 20.2. The van der Waals surface area contributed by atoms with E-state index in [4.69, 9.17) is 4.74 Å². The van der Waals surface area contributed by atoms with E-state index in [0.29, 0.717) is 0 Å². The highest BCUT2D eigenvalue weighted by Crippen LogP contribution is 2.17. The molecule has 2 atom stereocenters. The third-order valence-corrected chi connectivity index (χ3v) is 4.78. The van der Waals surface area contributed by atoms with Crippen LogP contribution in [0.5, 0.6) is 0 Å². The number of hydrogen-bond acceptors (Lipinski definition) is 2. The maximum atomic E-state index is 11.2. The normalized spacial score (nSPS) is 14.1. The van der Waals surface area contributed by atoms with E-state index in [1.807, 2.05) is 6.92 Å². The predicted octanol–water partition coefficient (Wildman–Crippen LogP) is 6.37. The minimum absolute atomic E-state index is 0.201. The van der Waals surface area contributed by atoms with Crippen molar-refractivity contribution >= 4 is 5.97 Å². The van der Waals surface area contributed by atoms with Crippen LogP contribution in [-0.2, 0) is 9.53 Å². The first-order valence-electron chi connectivity index (χ1n) is 10.0. The molecule has 0 heterocycles. The number of methoxy groups -OCH3 is 1. The fraction of sp³-hybridized carbons (Fsp3) is 0.857. The average Bonchev–Trinajstić information content (AvgIpc) is 2.57. The summed E-state index contributed by atoms with van der Waals surface area (Å²) in [5, 5.41) is 9.19. The second-order valence-corrected chi connectivity index (χ2v) is 6.90. The number of rotatable bonds is 17. The minimum atomic E-state index is -0.734. The van der Waals surface area contributed by atoms with Crippen LogP contribution < -0.4 is 0 Å². The van der Waals surface area contributed by atoms with Crippen LogP contribution in [0.25, 0.3) is 0 Å². The van der Waals surface area contributed by atoms with Crippen molar-refractivity contribution in [3.05, 3.63) is 12.2 Å². The summed E-state index contributed by atoms with van der Waals surface area (Å²) in [5.41, 5.74) is 0. The van der Waals surface area contributed by atoms with E-state index in [1.165, 1.54) is 57.8 Å². The third kappa shape index (κ3) is 13.6. The maximum Gasteiger partial charge on any atom is 0.309 e. The quantitative estimate of drug-likeness (QED) is 0.247. The van der Waals surface area contributed by atoms with Gasteiger partial charge in [0.15, 0.2) is 0 Å². The highest BCUT2D eigenvalue weighted by atomic mass is 16.5. The number of hydrogen-bond donors (Lipinski definition) is 1. The summed E-state index contributed by atoms with van der Waals surface area (Å²) < 4.78 is 5.15. The van der Waals surface area contributed by atoms with E-state index in [1.54, 1.807) is 7.11 Å². The molecule has 0 aromatic rings. The summed E-state index contributed by atoms with van der Waals surface area (Å²) in [6, 6.07) is 0. The van der Waals surface area contributed by atoms with Gasteiger partial charge in [0, 0.05) is 7.11 Å². The van der Waals surface area contributed by atoms with Crippen LogP contribution in [0.3, 0.4) is 0 Å². The van der Waals surface area contributed by atoms with Crippen molar-refractivity contribution in [1.29, 1.82) is 0 Å². The first-order valence-corrected chi connectivity index (χ1v) is 10.0. The first-order chi connectivity index (χ1) is 11.6. The number of ether oxygens (including phenoxy) is 1. The smallest absolute Gasteiger partial charge is 0.309 e. The lowest BCUT2D eigenvalue weighted by molar-refractivity contribution is -0.146. The maximum absolute atomic E-state index is 11.2. The Morgan fingerprint density at radius 3 is 1.92 bits per heavy atom. The average molecular weight is 341 g/mol.